The molecule has 0 amide bonds. The molecule has 0 atom stereocenters. The van der Waals surface area contributed by atoms with Gasteiger partial charge in [-0.2, -0.15) is 9.97 Å². The van der Waals surface area contributed by atoms with Gasteiger partial charge in [-0.1, -0.05) is 24.3 Å². The first-order chi connectivity index (χ1) is 13.5. The number of H-pyrrole nitrogens is 1. The fourth-order valence-corrected chi connectivity index (χ4v) is 2.74. The van der Waals surface area contributed by atoms with Crippen molar-refractivity contribution >= 4 is 17.5 Å². The van der Waals surface area contributed by atoms with Crippen molar-refractivity contribution in [2.24, 2.45) is 0 Å². The Morgan fingerprint density at radius 2 is 1.82 bits per heavy atom. The maximum absolute atomic E-state index is 5.81. The standard InChI is InChI=1S/C20H19N7O/c1-12-5-3-7-15(9-12)24-20-25-19(26-27-20)14-6-4-8-16(10-14)28-18-11-17(21)22-13(2)23-18/h3-11H,1-2H3,(H2,21,22,23)(H2,24,25,26,27). The van der Waals surface area contributed by atoms with Crippen molar-refractivity contribution in [3.05, 3.63) is 66.0 Å². The molecule has 0 bridgehead atoms. The van der Waals surface area contributed by atoms with Gasteiger partial charge in [-0.25, -0.2) is 4.98 Å². The Bertz CT molecular complexity index is 1100. The first kappa shape index (κ1) is 17.5. The molecule has 0 unspecified atom stereocenters. The van der Waals surface area contributed by atoms with Crippen LogP contribution >= 0.6 is 0 Å². The minimum atomic E-state index is 0.362. The zero-order valence-corrected chi connectivity index (χ0v) is 15.5. The van der Waals surface area contributed by atoms with Gasteiger partial charge in [0.1, 0.15) is 17.4 Å². The van der Waals surface area contributed by atoms with Crippen molar-refractivity contribution in [3.63, 3.8) is 0 Å². The van der Waals surface area contributed by atoms with Crippen LogP contribution in [-0.2, 0) is 0 Å². The molecule has 2 aromatic heterocycles. The van der Waals surface area contributed by atoms with Crippen LogP contribution in [0.25, 0.3) is 11.4 Å². The Hall–Kier alpha value is -3.94. The molecule has 4 N–H and O–H groups in total. The average molecular weight is 373 g/mol. The number of anilines is 3. The van der Waals surface area contributed by atoms with E-state index in [0.717, 1.165) is 16.8 Å². The van der Waals surface area contributed by atoms with E-state index in [1.807, 2.05) is 55.5 Å². The van der Waals surface area contributed by atoms with Gasteiger partial charge in [0.2, 0.25) is 11.8 Å². The molecule has 28 heavy (non-hydrogen) atoms. The third-order valence-electron chi connectivity index (χ3n) is 3.92. The van der Waals surface area contributed by atoms with Crippen LogP contribution in [0, 0.1) is 13.8 Å². The van der Waals surface area contributed by atoms with Gasteiger partial charge in [-0.05, 0) is 43.7 Å². The molecule has 140 valence electrons. The molecule has 8 heteroatoms. The summed E-state index contributed by atoms with van der Waals surface area (Å²) >= 11 is 0. The molecular formula is C20H19N7O. The third-order valence-corrected chi connectivity index (χ3v) is 3.92. The number of nitrogens with zero attached hydrogens (tertiary/aromatic N) is 4. The number of aromatic amines is 1. The van der Waals surface area contributed by atoms with Gasteiger partial charge in [-0.3, -0.25) is 5.10 Å². The molecule has 0 aliphatic heterocycles. The van der Waals surface area contributed by atoms with Crippen molar-refractivity contribution in [2.75, 3.05) is 11.1 Å². The Labute approximate surface area is 161 Å². The quantitative estimate of drug-likeness (QED) is 0.484. The van der Waals surface area contributed by atoms with E-state index in [4.69, 9.17) is 10.5 Å². The minimum absolute atomic E-state index is 0.362. The SMILES string of the molecule is Cc1cccc(Nc2n[nH]c(-c3cccc(Oc4cc(N)nc(C)n4)c3)n2)c1. The lowest BCUT2D eigenvalue weighted by Crippen LogP contribution is -1.98. The van der Waals surface area contributed by atoms with Crippen molar-refractivity contribution < 1.29 is 4.74 Å². The predicted molar refractivity (Wildman–Crippen MR) is 108 cm³/mol. The van der Waals surface area contributed by atoms with Crippen molar-refractivity contribution in [1.29, 1.82) is 0 Å². The van der Waals surface area contributed by atoms with E-state index in [2.05, 4.69) is 30.5 Å². The van der Waals surface area contributed by atoms with Crippen molar-refractivity contribution in [2.45, 2.75) is 13.8 Å². The van der Waals surface area contributed by atoms with Gasteiger partial charge in [0.15, 0.2) is 5.82 Å². The maximum Gasteiger partial charge on any atom is 0.246 e. The Kier molecular flexibility index (Phi) is 4.59. The van der Waals surface area contributed by atoms with E-state index in [0.29, 0.717) is 35.0 Å². The molecule has 4 aromatic rings. The lowest BCUT2D eigenvalue weighted by molar-refractivity contribution is 0.460. The van der Waals surface area contributed by atoms with Gasteiger partial charge in [0, 0.05) is 17.3 Å². The molecule has 2 heterocycles. The second kappa shape index (κ2) is 7.36. The van der Waals surface area contributed by atoms with Gasteiger partial charge in [-0.15, -0.1) is 5.10 Å². The third kappa shape index (κ3) is 4.07. The monoisotopic (exact) mass is 373 g/mol. The highest BCUT2D eigenvalue weighted by Gasteiger charge is 2.09. The largest absolute Gasteiger partial charge is 0.439 e. The number of nitrogens with one attached hydrogen (secondary N) is 2. The summed E-state index contributed by atoms with van der Waals surface area (Å²) in [4.78, 5) is 12.8. The maximum atomic E-state index is 5.81. The normalized spacial score (nSPS) is 10.6. The summed E-state index contributed by atoms with van der Waals surface area (Å²) in [5, 5.41) is 10.4. The molecule has 2 aromatic carbocycles. The second-order valence-corrected chi connectivity index (χ2v) is 6.31. The highest BCUT2D eigenvalue weighted by molar-refractivity contribution is 5.61. The highest BCUT2D eigenvalue weighted by atomic mass is 16.5. The van der Waals surface area contributed by atoms with Crippen LogP contribution in [0.5, 0.6) is 11.6 Å². The minimum Gasteiger partial charge on any atom is -0.439 e. The number of ether oxygens (including phenoxy) is 1. The summed E-state index contributed by atoms with van der Waals surface area (Å²) in [6.45, 7) is 3.80. The van der Waals surface area contributed by atoms with Crippen LogP contribution in [0.4, 0.5) is 17.5 Å². The van der Waals surface area contributed by atoms with Gasteiger partial charge < -0.3 is 15.8 Å². The van der Waals surface area contributed by atoms with Gasteiger partial charge in [0.05, 0.1) is 0 Å². The van der Waals surface area contributed by atoms with Crippen LogP contribution in [0.2, 0.25) is 0 Å². The van der Waals surface area contributed by atoms with Gasteiger partial charge in [0.25, 0.3) is 0 Å². The number of benzene rings is 2. The van der Waals surface area contributed by atoms with Crippen LogP contribution in [0.1, 0.15) is 11.4 Å². The number of hydrogen-bond donors (Lipinski definition) is 3. The van der Waals surface area contributed by atoms with Crippen molar-refractivity contribution in [3.8, 4) is 23.0 Å². The fourth-order valence-electron chi connectivity index (χ4n) is 2.74. The van der Waals surface area contributed by atoms with Crippen LogP contribution in [0.3, 0.4) is 0 Å². The van der Waals surface area contributed by atoms with E-state index < -0.39 is 0 Å². The molecule has 0 saturated heterocycles. The van der Waals surface area contributed by atoms with E-state index in [-0.39, 0.29) is 0 Å². The molecule has 0 spiro atoms. The number of hydrogen-bond acceptors (Lipinski definition) is 7. The molecule has 0 saturated carbocycles. The number of rotatable bonds is 5. The Morgan fingerprint density at radius 3 is 2.64 bits per heavy atom. The first-order valence-corrected chi connectivity index (χ1v) is 8.71. The molecule has 4 rings (SSSR count). The molecule has 0 radical (unpaired) electrons. The smallest absolute Gasteiger partial charge is 0.246 e. The van der Waals surface area contributed by atoms with Crippen LogP contribution in [0.15, 0.2) is 54.6 Å². The van der Waals surface area contributed by atoms with E-state index in [1.54, 1.807) is 13.0 Å². The lowest BCUT2D eigenvalue weighted by atomic mass is 10.2. The summed E-state index contributed by atoms with van der Waals surface area (Å²) in [6, 6.07) is 17.1. The molecular weight excluding hydrogens is 354 g/mol. The lowest BCUT2D eigenvalue weighted by Gasteiger charge is -2.07. The van der Waals surface area contributed by atoms with Crippen LogP contribution < -0.4 is 15.8 Å². The summed E-state index contributed by atoms with van der Waals surface area (Å²) in [5.41, 5.74) is 8.67. The first-order valence-electron chi connectivity index (χ1n) is 8.71. The average Bonchev–Trinajstić information content (AvgIpc) is 3.09. The number of nitrogens with two attached hydrogens (primary N) is 1. The van der Waals surface area contributed by atoms with E-state index >= 15 is 0 Å². The van der Waals surface area contributed by atoms with Crippen LogP contribution in [-0.4, -0.2) is 25.1 Å². The Balaban J connectivity index is 1.54. The van der Waals surface area contributed by atoms with E-state index in [9.17, 15) is 0 Å². The Morgan fingerprint density at radius 1 is 0.964 bits per heavy atom. The number of nitrogen functional groups attached to an aromatic ring is 1. The number of aryl methyl sites for hydroxylation is 2. The molecule has 0 aliphatic carbocycles. The highest BCUT2D eigenvalue weighted by Crippen LogP contribution is 2.26. The summed E-state index contributed by atoms with van der Waals surface area (Å²) in [7, 11) is 0. The zero-order chi connectivity index (χ0) is 19.5. The topological polar surface area (TPSA) is 115 Å². The fraction of sp³-hybridized carbons (Fsp3) is 0.100. The van der Waals surface area contributed by atoms with Gasteiger partial charge >= 0.3 is 0 Å². The molecule has 0 fully saturated rings. The second-order valence-electron chi connectivity index (χ2n) is 6.31. The van der Waals surface area contributed by atoms with E-state index in [1.165, 1.54) is 0 Å². The predicted octanol–water partition coefficient (Wildman–Crippen LogP) is 4.00. The molecule has 0 aliphatic rings. The summed E-state index contributed by atoms with van der Waals surface area (Å²) in [5.74, 6) is 3.03. The molecule has 8 nitrogen and oxygen atoms in total. The summed E-state index contributed by atoms with van der Waals surface area (Å²) < 4.78 is 5.81. The van der Waals surface area contributed by atoms with Crippen molar-refractivity contribution in [1.82, 2.24) is 25.1 Å². The summed E-state index contributed by atoms with van der Waals surface area (Å²) in [6.07, 6.45) is 0. The zero-order valence-electron chi connectivity index (χ0n) is 15.5. The number of aromatic nitrogens is 5.